The number of aromatic nitrogens is 2. The Kier molecular flexibility index (Phi) is 4.32. The van der Waals surface area contributed by atoms with E-state index in [1.165, 1.54) is 6.07 Å². The van der Waals surface area contributed by atoms with Gasteiger partial charge in [-0.15, -0.1) is 0 Å². The van der Waals surface area contributed by atoms with Gasteiger partial charge in [0.2, 0.25) is 0 Å². The van der Waals surface area contributed by atoms with Crippen molar-refractivity contribution in [3.8, 4) is 11.3 Å². The summed E-state index contributed by atoms with van der Waals surface area (Å²) in [5.74, 6) is -0.207. The highest BCUT2D eigenvalue weighted by atomic mass is 19.1. The predicted molar refractivity (Wildman–Crippen MR) is 75.3 cm³/mol. The fraction of sp³-hybridized carbons (Fsp3) is 0.400. The Morgan fingerprint density at radius 2 is 2.16 bits per heavy atom. The van der Waals surface area contributed by atoms with Crippen LogP contribution in [0.15, 0.2) is 24.4 Å². The van der Waals surface area contributed by atoms with E-state index >= 15 is 0 Å². The summed E-state index contributed by atoms with van der Waals surface area (Å²) in [4.78, 5) is 2.26. The molecule has 0 aliphatic rings. The molecule has 0 amide bonds. The molecular formula is C15H20FN3. The maximum absolute atomic E-state index is 13.2. The van der Waals surface area contributed by atoms with Crippen LogP contribution in [0.25, 0.3) is 11.3 Å². The molecule has 19 heavy (non-hydrogen) atoms. The second kappa shape index (κ2) is 5.97. The first kappa shape index (κ1) is 13.7. The Balaban J connectivity index is 2.28. The van der Waals surface area contributed by atoms with Crippen LogP contribution in [0, 0.1) is 12.7 Å². The molecule has 1 heterocycles. The largest absolute Gasteiger partial charge is 0.302 e. The second-order valence-corrected chi connectivity index (χ2v) is 4.96. The van der Waals surface area contributed by atoms with Crippen molar-refractivity contribution in [3.63, 3.8) is 0 Å². The van der Waals surface area contributed by atoms with Gasteiger partial charge in [0.25, 0.3) is 0 Å². The third kappa shape index (κ3) is 3.20. The van der Waals surface area contributed by atoms with Crippen molar-refractivity contribution in [2.75, 3.05) is 13.6 Å². The highest BCUT2D eigenvalue weighted by Gasteiger charge is 2.12. The van der Waals surface area contributed by atoms with Crippen LogP contribution in [0.5, 0.6) is 0 Å². The van der Waals surface area contributed by atoms with E-state index in [1.54, 1.807) is 12.1 Å². The number of rotatable bonds is 5. The number of nitrogens with one attached hydrogen (secondary N) is 1. The van der Waals surface area contributed by atoms with Crippen molar-refractivity contribution >= 4 is 0 Å². The van der Waals surface area contributed by atoms with Crippen molar-refractivity contribution < 1.29 is 4.39 Å². The molecule has 2 rings (SSSR count). The molecule has 0 aliphatic carbocycles. The maximum atomic E-state index is 13.2. The molecule has 0 bridgehead atoms. The summed E-state index contributed by atoms with van der Waals surface area (Å²) in [5.41, 5.74) is 3.96. The van der Waals surface area contributed by atoms with Crippen LogP contribution in [-0.4, -0.2) is 28.7 Å². The zero-order chi connectivity index (χ0) is 13.8. The maximum Gasteiger partial charge on any atom is 0.123 e. The predicted octanol–water partition coefficient (Wildman–Crippen LogP) is 3.37. The van der Waals surface area contributed by atoms with Gasteiger partial charge in [-0.25, -0.2) is 4.39 Å². The SMILES string of the molecule is CCCN(C)Cc1c[nH]nc1-c1ccc(F)cc1C. The summed E-state index contributed by atoms with van der Waals surface area (Å²) in [7, 11) is 2.10. The van der Waals surface area contributed by atoms with E-state index < -0.39 is 0 Å². The lowest BCUT2D eigenvalue weighted by molar-refractivity contribution is 0.328. The number of hydrogen-bond acceptors (Lipinski definition) is 2. The summed E-state index contributed by atoms with van der Waals surface area (Å²) >= 11 is 0. The molecular weight excluding hydrogens is 241 g/mol. The molecule has 0 spiro atoms. The van der Waals surface area contributed by atoms with Crippen LogP contribution >= 0.6 is 0 Å². The summed E-state index contributed by atoms with van der Waals surface area (Å²) in [6.45, 7) is 5.97. The number of halogens is 1. The van der Waals surface area contributed by atoms with Crippen LogP contribution in [0.2, 0.25) is 0 Å². The molecule has 0 saturated heterocycles. The smallest absolute Gasteiger partial charge is 0.123 e. The molecule has 4 heteroatoms. The van der Waals surface area contributed by atoms with Gasteiger partial charge in [-0.3, -0.25) is 5.10 Å². The van der Waals surface area contributed by atoms with Gasteiger partial charge < -0.3 is 4.90 Å². The van der Waals surface area contributed by atoms with E-state index in [0.29, 0.717) is 0 Å². The minimum atomic E-state index is -0.207. The fourth-order valence-corrected chi connectivity index (χ4v) is 2.31. The quantitative estimate of drug-likeness (QED) is 0.895. The van der Waals surface area contributed by atoms with E-state index in [9.17, 15) is 4.39 Å². The van der Waals surface area contributed by atoms with Gasteiger partial charge in [-0.1, -0.05) is 6.92 Å². The van der Waals surface area contributed by atoms with Crippen molar-refractivity contribution in [1.29, 1.82) is 0 Å². The lowest BCUT2D eigenvalue weighted by Crippen LogP contribution is -2.18. The summed E-state index contributed by atoms with van der Waals surface area (Å²) in [6, 6.07) is 4.82. The molecule has 1 aromatic carbocycles. The highest BCUT2D eigenvalue weighted by molar-refractivity contribution is 5.66. The minimum absolute atomic E-state index is 0.207. The summed E-state index contributed by atoms with van der Waals surface area (Å²) < 4.78 is 13.2. The normalized spacial score (nSPS) is 11.2. The van der Waals surface area contributed by atoms with Crippen LogP contribution in [0.4, 0.5) is 4.39 Å². The highest BCUT2D eigenvalue weighted by Crippen LogP contribution is 2.26. The average Bonchev–Trinajstić information content (AvgIpc) is 2.77. The van der Waals surface area contributed by atoms with Crippen molar-refractivity contribution in [3.05, 3.63) is 41.3 Å². The molecule has 0 saturated carbocycles. The number of aromatic amines is 1. The molecule has 0 aliphatic heterocycles. The van der Waals surface area contributed by atoms with E-state index in [4.69, 9.17) is 0 Å². The molecule has 1 aromatic heterocycles. The molecule has 3 nitrogen and oxygen atoms in total. The number of nitrogens with zero attached hydrogens (tertiary/aromatic N) is 2. The monoisotopic (exact) mass is 261 g/mol. The van der Waals surface area contributed by atoms with E-state index in [1.807, 2.05) is 13.1 Å². The van der Waals surface area contributed by atoms with E-state index in [0.717, 1.165) is 41.9 Å². The third-order valence-electron chi connectivity index (χ3n) is 3.21. The Morgan fingerprint density at radius 1 is 1.37 bits per heavy atom. The Labute approximate surface area is 113 Å². The first-order chi connectivity index (χ1) is 9.11. The first-order valence-corrected chi connectivity index (χ1v) is 6.59. The van der Waals surface area contributed by atoms with Gasteiger partial charge >= 0.3 is 0 Å². The number of hydrogen-bond donors (Lipinski definition) is 1. The zero-order valence-electron chi connectivity index (χ0n) is 11.7. The van der Waals surface area contributed by atoms with E-state index in [-0.39, 0.29) is 5.82 Å². The molecule has 2 aromatic rings. The van der Waals surface area contributed by atoms with Crippen LogP contribution in [-0.2, 0) is 6.54 Å². The molecule has 1 N–H and O–H groups in total. The summed E-state index contributed by atoms with van der Waals surface area (Å²) in [5, 5.41) is 7.23. The van der Waals surface area contributed by atoms with Gasteiger partial charge in [0.15, 0.2) is 0 Å². The Hall–Kier alpha value is -1.68. The minimum Gasteiger partial charge on any atom is -0.302 e. The van der Waals surface area contributed by atoms with Crippen molar-refractivity contribution in [2.45, 2.75) is 26.8 Å². The first-order valence-electron chi connectivity index (χ1n) is 6.59. The third-order valence-corrected chi connectivity index (χ3v) is 3.21. The standard InChI is InChI=1S/C15H20FN3/c1-4-7-19(3)10-12-9-17-18-15(12)14-6-5-13(16)8-11(14)2/h5-6,8-9H,4,7,10H2,1-3H3,(H,17,18). The number of benzene rings is 1. The van der Waals surface area contributed by atoms with Crippen LogP contribution < -0.4 is 0 Å². The van der Waals surface area contributed by atoms with E-state index in [2.05, 4.69) is 29.1 Å². The van der Waals surface area contributed by atoms with Gasteiger partial charge in [0.1, 0.15) is 5.82 Å². The second-order valence-electron chi connectivity index (χ2n) is 4.96. The number of H-pyrrole nitrogens is 1. The van der Waals surface area contributed by atoms with Crippen LogP contribution in [0.3, 0.4) is 0 Å². The molecule has 0 fully saturated rings. The number of aryl methyl sites for hydroxylation is 1. The van der Waals surface area contributed by atoms with Crippen LogP contribution in [0.1, 0.15) is 24.5 Å². The topological polar surface area (TPSA) is 31.9 Å². The summed E-state index contributed by atoms with van der Waals surface area (Å²) in [6.07, 6.45) is 3.05. The average molecular weight is 261 g/mol. The molecule has 0 unspecified atom stereocenters. The zero-order valence-corrected chi connectivity index (χ0v) is 11.7. The van der Waals surface area contributed by atoms with Crippen molar-refractivity contribution in [2.24, 2.45) is 0 Å². The Bertz CT molecular complexity index is 548. The molecule has 102 valence electrons. The van der Waals surface area contributed by atoms with Crippen molar-refractivity contribution in [1.82, 2.24) is 15.1 Å². The molecule has 0 atom stereocenters. The van der Waals surface area contributed by atoms with Gasteiger partial charge in [0.05, 0.1) is 5.69 Å². The lowest BCUT2D eigenvalue weighted by atomic mass is 10.0. The van der Waals surface area contributed by atoms with Gasteiger partial charge in [-0.2, -0.15) is 5.10 Å². The molecule has 0 radical (unpaired) electrons. The van der Waals surface area contributed by atoms with Gasteiger partial charge in [0, 0.05) is 23.9 Å². The van der Waals surface area contributed by atoms with Gasteiger partial charge in [-0.05, 0) is 50.7 Å². The lowest BCUT2D eigenvalue weighted by Gasteiger charge is -2.15. The Morgan fingerprint density at radius 3 is 2.84 bits per heavy atom. The fourth-order valence-electron chi connectivity index (χ4n) is 2.31.